The minimum Gasteiger partial charge on any atom is -0.497 e. The first kappa shape index (κ1) is 15.4. The molecule has 0 amide bonds. The summed E-state index contributed by atoms with van der Waals surface area (Å²) in [6.07, 6.45) is -1.27. The molecule has 2 unspecified atom stereocenters. The van der Waals surface area contributed by atoms with Crippen LogP contribution in [-0.2, 0) is 4.74 Å². The van der Waals surface area contributed by atoms with Gasteiger partial charge < -0.3 is 19.3 Å². The van der Waals surface area contributed by atoms with Crippen LogP contribution in [0.1, 0.15) is 23.3 Å². The van der Waals surface area contributed by atoms with Crippen LogP contribution in [0.4, 0.5) is 0 Å². The predicted octanol–water partition coefficient (Wildman–Crippen LogP) is 3.12. The molecule has 2 atom stereocenters. The fraction of sp³-hybridized carbons (Fsp3) is 0.294. The smallest absolute Gasteiger partial charge is 0.122 e. The van der Waals surface area contributed by atoms with Crippen molar-refractivity contribution in [3.63, 3.8) is 0 Å². The van der Waals surface area contributed by atoms with Gasteiger partial charge in [-0.25, -0.2) is 0 Å². The zero-order chi connectivity index (χ0) is 15.2. The normalized spacial score (nSPS) is 13.5. The highest BCUT2D eigenvalue weighted by Crippen LogP contribution is 2.35. The highest BCUT2D eigenvalue weighted by molar-refractivity contribution is 5.40. The summed E-state index contributed by atoms with van der Waals surface area (Å²) in [6, 6.07) is 14.9. The van der Waals surface area contributed by atoms with E-state index in [0.717, 1.165) is 5.56 Å². The Labute approximate surface area is 124 Å². The lowest BCUT2D eigenvalue weighted by atomic mass is 9.98. The number of aliphatic hydroxyl groups is 1. The van der Waals surface area contributed by atoms with Crippen molar-refractivity contribution in [3.8, 4) is 11.5 Å². The standard InChI is InChI=1S/C17H20O4/c1-19-14-9-13(10-15(11-14)20-2)16(18)17(21-3)12-7-5-4-6-8-12/h4-11,16-18H,1-3H3. The molecular formula is C17H20O4. The molecule has 0 aliphatic carbocycles. The van der Waals surface area contributed by atoms with Gasteiger partial charge in [-0.05, 0) is 23.3 Å². The van der Waals surface area contributed by atoms with Gasteiger partial charge in [-0.2, -0.15) is 0 Å². The van der Waals surface area contributed by atoms with Crippen LogP contribution in [-0.4, -0.2) is 26.4 Å². The first-order valence-corrected chi connectivity index (χ1v) is 6.68. The summed E-state index contributed by atoms with van der Waals surface area (Å²) in [7, 11) is 4.74. The lowest BCUT2D eigenvalue weighted by Crippen LogP contribution is -2.13. The first-order chi connectivity index (χ1) is 10.2. The molecule has 0 aliphatic rings. The highest BCUT2D eigenvalue weighted by atomic mass is 16.5. The fourth-order valence-electron chi connectivity index (χ4n) is 2.26. The molecule has 0 aliphatic heterocycles. The molecule has 4 nitrogen and oxygen atoms in total. The monoisotopic (exact) mass is 288 g/mol. The minimum absolute atomic E-state index is 0.456. The van der Waals surface area contributed by atoms with Gasteiger partial charge in [0.25, 0.3) is 0 Å². The van der Waals surface area contributed by atoms with E-state index in [1.807, 2.05) is 30.3 Å². The third-order valence-corrected chi connectivity index (χ3v) is 3.38. The van der Waals surface area contributed by atoms with Crippen molar-refractivity contribution in [1.29, 1.82) is 0 Å². The van der Waals surface area contributed by atoms with Gasteiger partial charge in [-0.3, -0.25) is 0 Å². The van der Waals surface area contributed by atoms with Crippen LogP contribution >= 0.6 is 0 Å². The molecule has 0 aromatic heterocycles. The van der Waals surface area contributed by atoms with Gasteiger partial charge in [0.1, 0.15) is 23.7 Å². The second-order valence-corrected chi connectivity index (χ2v) is 4.66. The zero-order valence-electron chi connectivity index (χ0n) is 12.4. The molecule has 0 saturated carbocycles. The maximum Gasteiger partial charge on any atom is 0.122 e. The Kier molecular flexibility index (Phi) is 5.20. The largest absolute Gasteiger partial charge is 0.497 e. The van der Waals surface area contributed by atoms with E-state index >= 15 is 0 Å². The topological polar surface area (TPSA) is 47.9 Å². The van der Waals surface area contributed by atoms with Gasteiger partial charge in [0.05, 0.1) is 14.2 Å². The van der Waals surface area contributed by atoms with Gasteiger partial charge >= 0.3 is 0 Å². The maximum atomic E-state index is 10.6. The summed E-state index contributed by atoms with van der Waals surface area (Å²) in [5.74, 6) is 1.26. The van der Waals surface area contributed by atoms with Crippen molar-refractivity contribution >= 4 is 0 Å². The Morgan fingerprint density at radius 3 is 1.86 bits per heavy atom. The number of benzene rings is 2. The number of hydrogen-bond acceptors (Lipinski definition) is 4. The van der Waals surface area contributed by atoms with Crippen molar-refractivity contribution in [2.75, 3.05) is 21.3 Å². The van der Waals surface area contributed by atoms with E-state index in [2.05, 4.69) is 0 Å². The van der Waals surface area contributed by atoms with Crippen LogP contribution in [0.3, 0.4) is 0 Å². The molecule has 0 bridgehead atoms. The average Bonchev–Trinajstić information content (AvgIpc) is 2.55. The van der Waals surface area contributed by atoms with Crippen molar-refractivity contribution < 1.29 is 19.3 Å². The van der Waals surface area contributed by atoms with Crippen molar-refractivity contribution in [3.05, 3.63) is 59.7 Å². The van der Waals surface area contributed by atoms with E-state index in [0.29, 0.717) is 17.1 Å². The van der Waals surface area contributed by atoms with Gasteiger partial charge in [0, 0.05) is 13.2 Å². The molecule has 21 heavy (non-hydrogen) atoms. The summed E-state index contributed by atoms with van der Waals surface area (Å²) in [6.45, 7) is 0. The number of aliphatic hydroxyl groups excluding tert-OH is 1. The second-order valence-electron chi connectivity index (χ2n) is 4.66. The van der Waals surface area contributed by atoms with E-state index in [1.54, 1.807) is 39.5 Å². The lowest BCUT2D eigenvalue weighted by Gasteiger charge is -2.23. The van der Waals surface area contributed by atoms with Gasteiger partial charge in [-0.1, -0.05) is 30.3 Å². The molecule has 2 aromatic rings. The molecular weight excluding hydrogens is 268 g/mol. The average molecular weight is 288 g/mol. The molecule has 112 valence electrons. The predicted molar refractivity (Wildman–Crippen MR) is 80.7 cm³/mol. The molecule has 0 radical (unpaired) electrons. The van der Waals surface area contributed by atoms with Crippen LogP contribution in [0.2, 0.25) is 0 Å². The summed E-state index contributed by atoms with van der Waals surface area (Å²) < 4.78 is 15.9. The number of hydrogen-bond donors (Lipinski definition) is 1. The van der Waals surface area contributed by atoms with Crippen LogP contribution < -0.4 is 9.47 Å². The summed E-state index contributed by atoms with van der Waals surface area (Å²) in [5, 5.41) is 10.6. The molecule has 4 heteroatoms. The summed E-state index contributed by atoms with van der Waals surface area (Å²) in [5.41, 5.74) is 1.59. The Morgan fingerprint density at radius 1 is 0.810 bits per heavy atom. The first-order valence-electron chi connectivity index (χ1n) is 6.68. The molecule has 0 spiro atoms. The lowest BCUT2D eigenvalue weighted by molar-refractivity contribution is -0.0150. The second kappa shape index (κ2) is 7.11. The van der Waals surface area contributed by atoms with E-state index in [9.17, 15) is 5.11 Å². The maximum absolute atomic E-state index is 10.6. The number of methoxy groups -OCH3 is 3. The summed E-state index contributed by atoms with van der Waals surface area (Å²) in [4.78, 5) is 0. The highest BCUT2D eigenvalue weighted by Gasteiger charge is 2.23. The van der Waals surface area contributed by atoms with Crippen LogP contribution in [0.25, 0.3) is 0 Å². The molecule has 2 rings (SSSR count). The Balaban J connectivity index is 2.35. The number of ether oxygens (including phenoxy) is 3. The van der Waals surface area contributed by atoms with E-state index in [-0.39, 0.29) is 0 Å². The molecule has 0 heterocycles. The van der Waals surface area contributed by atoms with Gasteiger partial charge in [0.15, 0.2) is 0 Å². The Bertz CT molecular complexity index is 546. The van der Waals surface area contributed by atoms with Crippen molar-refractivity contribution in [2.24, 2.45) is 0 Å². The van der Waals surface area contributed by atoms with E-state index in [1.165, 1.54) is 0 Å². The van der Waals surface area contributed by atoms with Crippen molar-refractivity contribution in [1.82, 2.24) is 0 Å². The van der Waals surface area contributed by atoms with Crippen LogP contribution in [0.5, 0.6) is 11.5 Å². The van der Waals surface area contributed by atoms with E-state index < -0.39 is 12.2 Å². The van der Waals surface area contributed by atoms with Crippen LogP contribution in [0, 0.1) is 0 Å². The van der Waals surface area contributed by atoms with E-state index in [4.69, 9.17) is 14.2 Å². The zero-order valence-corrected chi connectivity index (χ0v) is 12.4. The molecule has 0 fully saturated rings. The van der Waals surface area contributed by atoms with Crippen molar-refractivity contribution in [2.45, 2.75) is 12.2 Å². The summed E-state index contributed by atoms with van der Waals surface area (Å²) >= 11 is 0. The SMILES string of the molecule is COc1cc(OC)cc(C(O)C(OC)c2ccccc2)c1. The molecule has 1 N–H and O–H groups in total. The minimum atomic E-state index is -0.818. The third kappa shape index (κ3) is 3.54. The number of rotatable bonds is 6. The van der Waals surface area contributed by atoms with Gasteiger partial charge in [-0.15, -0.1) is 0 Å². The molecule has 0 saturated heterocycles. The quantitative estimate of drug-likeness (QED) is 0.887. The third-order valence-electron chi connectivity index (χ3n) is 3.38. The Morgan fingerprint density at radius 2 is 1.38 bits per heavy atom. The molecule has 2 aromatic carbocycles. The van der Waals surface area contributed by atoms with Gasteiger partial charge in [0.2, 0.25) is 0 Å². The van der Waals surface area contributed by atoms with Crippen LogP contribution in [0.15, 0.2) is 48.5 Å². The Hall–Kier alpha value is -2.04. The fourth-order valence-corrected chi connectivity index (χ4v) is 2.26.